The molecule has 4 nitrogen and oxygen atoms in total. The number of urea groups is 1. The Morgan fingerprint density at radius 2 is 2.23 bits per heavy atom. The molecule has 2 bridgehead atoms. The molecule has 4 fully saturated rings. The number of ether oxygens (including phenoxy) is 1. The molecule has 4 aliphatic rings. The highest BCUT2D eigenvalue weighted by Gasteiger charge is 2.41. The fraction of sp³-hybridized carbons (Fsp3) is 0.941. The molecule has 5 heteroatoms. The average Bonchev–Trinajstić information content (AvgIpc) is 3.22. The molecule has 0 aromatic heterocycles. The second-order valence-electron chi connectivity index (χ2n) is 7.81. The highest BCUT2D eigenvalue weighted by Crippen LogP contribution is 2.47. The zero-order valence-corrected chi connectivity index (χ0v) is 14.1. The number of thioether (sulfide) groups is 1. The SMILES string of the molecule is O=C(NC[C@@H]1C[C@H]2CC[C@H]1C2)N[C@@H]1CCO[C@@]2(CCSC2)C1. The third-order valence-corrected chi connectivity index (χ3v) is 7.53. The summed E-state index contributed by atoms with van der Waals surface area (Å²) in [5.41, 5.74) is 0.0471. The topological polar surface area (TPSA) is 50.4 Å². The van der Waals surface area contributed by atoms with Crippen molar-refractivity contribution >= 4 is 17.8 Å². The lowest BCUT2D eigenvalue weighted by molar-refractivity contribution is -0.0684. The lowest BCUT2D eigenvalue weighted by Crippen LogP contribution is -2.51. The third kappa shape index (κ3) is 3.12. The fourth-order valence-electron chi connectivity index (χ4n) is 5.10. The van der Waals surface area contributed by atoms with Gasteiger partial charge < -0.3 is 15.4 Å². The number of hydrogen-bond donors (Lipinski definition) is 2. The van der Waals surface area contributed by atoms with Crippen LogP contribution in [-0.2, 0) is 4.74 Å². The van der Waals surface area contributed by atoms with Gasteiger partial charge in [-0.15, -0.1) is 0 Å². The number of fused-ring (bicyclic) bond motifs is 2. The van der Waals surface area contributed by atoms with Crippen molar-refractivity contribution in [3.63, 3.8) is 0 Å². The summed E-state index contributed by atoms with van der Waals surface area (Å²) in [5, 5.41) is 6.34. The molecule has 2 saturated carbocycles. The van der Waals surface area contributed by atoms with Gasteiger partial charge in [0.2, 0.25) is 0 Å². The smallest absolute Gasteiger partial charge is 0.315 e. The maximum Gasteiger partial charge on any atom is 0.315 e. The van der Waals surface area contributed by atoms with Crippen molar-refractivity contribution in [3.05, 3.63) is 0 Å². The second kappa shape index (κ2) is 6.23. The van der Waals surface area contributed by atoms with Crippen molar-refractivity contribution in [2.24, 2.45) is 17.8 Å². The van der Waals surface area contributed by atoms with Crippen molar-refractivity contribution < 1.29 is 9.53 Å². The van der Waals surface area contributed by atoms with Gasteiger partial charge >= 0.3 is 6.03 Å². The molecule has 2 aliphatic carbocycles. The van der Waals surface area contributed by atoms with E-state index in [1.54, 1.807) is 0 Å². The van der Waals surface area contributed by atoms with Crippen LogP contribution in [0.5, 0.6) is 0 Å². The van der Waals surface area contributed by atoms with Gasteiger partial charge in [0.1, 0.15) is 0 Å². The van der Waals surface area contributed by atoms with Gasteiger partial charge in [0.05, 0.1) is 5.60 Å². The zero-order valence-electron chi connectivity index (χ0n) is 13.3. The van der Waals surface area contributed by atoms with Crippen LogP contribution >= 0.6 is 11.8 Å². The van der Waals surface area contributed by atoms with Crippen LogP contribution in [0.2, 0.25) is 0 Å². The zero-order chi connectivity index (χ0) is 15.0. The van der Waals surface area contributed by atoms with E-state index in [-0.39, 0.29) is 17.7 Å². The quantitative estimate of drug-likeness (QED) is 0.839. The summed E-state index contributed by atoms with van der Waals surface area (Å²) in [6, 6.07) is 0.322. The molecule has 0 aromatic rings. The normalized spacial score (nSPS) is 43.6. The van der Waals surface area contributed by atoms with Crippen LogP contribution in [-0.4, -0.2) is 42.3 Å². The van der Waals surface area contributed by atoms with Crippen LogP contribution in [0, 0.1) is 17.8 Å². The molecule has 2 aliphatic heterocycles. The Morgan fingerprint density at radius 3 is 2.95 bits per heavy atom. The Bertz CT molecular complexity index is 425. The molecular weight excluding hydrogens is 296 g/mol. The maximum atomic E-state index is 12.2. The molecule has 0 aromatic carbocycles. The van der Waals surface area contributed by atoms with Crippen LogP contribution in [0.3, 0.4) is 0 Å². The summed E-state index contributed by atoms with van der Waals surface area (Å²) in [6.45, 7) is 1.66. The van der Waals surface area contributed by atoms with E-state index in [9.17, 15) is 4.79 Å². The molecule has 2 N–H and O–H groups in total. The first-order valence-corrected chi connectivity index (χ1v) is 10.1. The van der Waals surface area contributed by atoms with Crippen molar-refractivity contribution in [1.29, 1.82) is 0 Å². The molecular formula is C17H28N2O2S. The van der Waals surface area contributed by atoms with Crippen LogP contribution < -0.4 is 10.6 Å². The van der Waals surface area contributed by atoms with Gasteiger partial charge in [-0.25, -0.2) is 4.79 Å². The molecule has 0 unspecified atom stereocenters. The number of carbonyl (C=O) groups excluding carboxylic acids is 1. The van der Waals surface area contributed by atoms with Crippen molar-refractivity contribution in [2.45, 2.75) is 56.6 Å². The summed E-state index contributed by atoms with van der Waals surface area (Å²) in [5.74, 6) is 4.86. The van der Waals surface area contributed by atoms with E-state index in [4.69, 9.17) is 4.74 Å². The number of amides is 2. The Hall–Kier alpha value is -0.420. The summed E-state index contributed by atoms with van der Waals surface area (Å²) in [4.78, 5) is 12.2. The van der Waals surface area contributed by atoms with E-state index in [0.29, 0.717) is 0 Å². The van der Waals surface area contributed by atoms with E-state index in [1.807, 2.05) is 11.8 Å². The monoisotopic (exact) mass is 324 g/mol. The minimum Gasteiger partial charge on any atom is -0.374 e. The van der Waals surface area contributed by atoms with E-state index >= 15 is 0 Å². The first-order chi connectivity index (χ1) is 10.7. The highest BCUT2D eigenvalue weighted by atomic mass is 32.2. The lowest BCUT2D eigenvalue weighted by Gasteiger charge is -2.38. The first kappa shape index (κ1) is 15.1. The van der Waals surface area contributed by atoms with E-state index in [1.165, 1.54) is 31.4 Å². The summed E-state index contributed by atoms with van der Waals surface area (Å²) >= 11 is 1.98. The van der Waals surface area contributed by atoms with Crippen LogP contribution in [0.25, 0.3) is 0 Å². The predicted molar refractivity (Wildman–Crippen MR) is 89.1 cm³/mol. The molecule has 1 spiro atoms. The molecule has 5 atom stereocenters. The standard InChI is InChI=1S/C17H28N2O2S/c20-16(18-10-14-8-12-1-2-13(14)7-12)19-15-3-5-21-17(9-15)4-6-22-11-17/h12-15H,1-11H2,(H2,18,19,20)/t12-,13-,14-,15+,17-/m0/s1. The summed E-state index contributed by atoms with van der Waals surface area (Å²) in [6.07, 6.45) is 8.64. The maximum absolute atomic E-state index is 12.2. The fourth-order valence-corrected chi connectivity index (χ4v) is 6.48. The van der Waals surface area contributed by atoms with E-state index in [0.717, 1.165) is 55.9 Å². The molecule has 0 radical (unpaired) electrons. The van der Waals surface area contributed by atoms with Crippen molar-refractivity contribution in [1.82, 2.24) is 10.6 Å². The van der Waals surface area contributed by atoms with Gasteiger partial charge in [-0.3, -0.25) is 0 Å². The van der Waals surface area contributed by atoms with Gasteiger partial charge in [0.15, 0.2) is 0 Å². The second-order valence-corrected chi connectivity index (χ2v) is 8.92. The Morgan fingerprint density at radius 1 is 1.27 bits per heavy atom. The molecule has 124 valence electrons. The Kier molecular flexibility index (Phi) is 4.29. The van der Waals surface area contributed by atoms with Crippen molar-refractivity contribution in [2.75, 3.05) is 24.7 Å². The van der Waals surface area contributed by atoms with Crippen LogP contribution in [0.1, 0.15) is 44.9 Å². The van der Waals surface area contributed by atoms with Gasteiger partial charge in [-0.05, 0) is 62.0 Å². The minimum absolute atomic E-state index is 0.0375. The lowest BCUT2D eigenvalue weighted by atomic mass is 9.89. The number of carbonyl (C=O) groups is 1. The van der Waals surface area contributed by atoms with Gasteiger partial charge in [-0.2, -0.15) is 11.8 Å². The first-order valence-electron chi connectivity index (χ1n) is 8.98. The van der Waals surface area contributed by atoms with Gasteiger partial charge in [-0.1, -0.05) is 6.42 Å². The van der Waals surface area contributed by atoms with Gasteiger partial charge in [0.25, 0.3) is 0 Å². The van der Waals surface area contributed by atoms with E-state index < -0.39 is 0 Å². The van der Waals surface area contributed by atoms with E-state index in [2.05, 4.69) is 10.6 Å². The molecule has 2 saturated heterocycles. The Labute approximate surface area is 137 Å². The summed E-state index contributed by atoms with van der Waals surface area (Å²) in [7, 11) is 0. The van der Waals surface area contributed by atoms with Gasteiger partial charge in [0, 0.05) is 24.9 Å². The third-order valence-electron chi connectivity index (χ3n) is 6.30. The largest absolute Gasteiger partial charge is 0.374 e. The summed E-state index contributed by atoms with van der Waals surface area (Å²) < 4.78 is 6.02. The highest BCUT2D eigenvalue weighted by molar-refractivity contribution is 7.99. The molecule has 4 rings (SSSR count). The average molecular weight is 324 g/mol. The number of hydrogen-bond acceptors (Lipinski definition) is 3. The molecule has 2 amide bonds. The minimum atomic E-state index is 0.0375. The van der Waals surface area contributed by atoms with Crippen molar-refractivity contribution in [3.8, 4) is 0 Å². The number of nitrogens with one attached hydrogen (secondary N) is 2. The van der Waals surface area contributed by atoms with Crippen LogP contribution in [0.4, 0.5) is 4.79 Å². The molecule has 2 heterocycles. The molecule has 22 heavy (non-hydrogen) atoms. The number of rotatable bonds is 3. The predicted octanol–water partition coefficient (Wildman–Crippen LogP) is 2.78. The van der Waals surface area contributed by atoms with Crippen LogP contribution in [0.15, 0.2) is 0 Å². The Balaban J connectivity index is 1.22.